The van der Waals surface area contributed by atoms with Crippen molar-refractivity contribution in [1.82, 2.24) is 0 Å². The largest absolute Gasteiger partial charge is 0.386 e. The summed E-state index contributed by atoms with van der Waals surface area (Å²) in [7, 11) is 1.98. The SMILES string of the molecule is C=CC[N+](C)(CC=C)C(Cl)C(C)O. The maximum Gasteiger partial charge on any atom is 0.190 e. The zero-order valence-electron chi connectivity index (χ0n) is 8.41. The van der Waals surface area contributed by atoms with Crippen molar-refractivity contribution in [3.8, 4) is 0 Å². The standard InChI is InChI=1S/C10H19ClNO/c1-5-7-12(4,8-6-2)10(11)9(3)13/h5-6,9-10,13H,1-2,7-8H2,3-4H3/q+1. The Balaban J connectivity index is 4.54. The van der Waals surface area contributed by atoms with E-state index in [1.54, 1.807) is 19.1 Å². The second-order valence-corrected chi connectivity index (χ2v) is 3.98. The van der Waals surface area contributed by atoms with Crippen LogP contribution in [-0.2, 0) is 0 Å². The van der Waals surface area contributed by atoms with Gasteiger partial charge in [-0.1, -0.05) is 24.8 Å². The first kappa shape index (κ1) is 12.7. The molecule has 0 aromatic heterocycles. The highest BCUT2D eigenvalue weighted by molar-refractivity contribution is 6.20. The smallest absolute Gasteiger partial charge is 0.190 e. The van der Waals surface area contributed by atoms with Crippen molar-refractivity contribution >= 4 is 11.6 Å². The number of hydrogen-bond acceptors (Lipinski definition) is 1. The number of halogens is 1. The fraction of sp³-hybridized carbons (Fsp3) is 0.600. The molecule has 3 heteroatoms. The predicted molar refractivity (Wildman–Crippen MR) is 57.6 cm³/mol. The van der Waals surface area contributed by atoms with E-state index in [2.05, 4.69) is 13.2 Å². The fourth-order valence-corrected chi connectivity index (χ4v) is 1.55. The molecule has 1 N–H and O–H groups in total. The Morgan fingerprint density at radius 1 is 1.38 bits per heavy atom. The topological polar surface area (TPSA) is 20.2 Å². The molecule has 0 rings (SSSR count). The molecule has 0 fully saturated rings. The molecule has 0 amide bonds. The first-order chi connectivity index (χ1) is 5.98. The van der Waals surface area contributed by atoms with Crippen LogP contribution < -0.4 is 0 Å². The lowest BCUT2D eigenvalue weighted by molar-refractivity contribution is -0.913. The molecule has 0 saturated heterocycles. The van der Waals surface area contributed by atoms with Gasteiger partial charge in [0, 0.05) is 0 Å². The van der Waals surface area contributed by atoms with Gasteiger partial charge < -0.3 is 9.59 Å². The molecule has 0 saturated carbocycles. The molecule has 0 aliphatic carbocycles. The van der Waals surface area contributed by atoms with Gasteiger partial charge in [-0.05, 0) is 19.1 Å². The molecule has 0 aliphatic rings. The second kappa shape index (κ2) is 5.43. The summed E-state index contributed by atoms with van der Waals surface area (Å²) >= 11 is 6.11. The zero-order valence-corrected chi connectivity index (χ0v) is 9.17. The van der Waals surface area contributed by atoms with Crippen LogP contribution in [0.4, 0.5) is 0 Å². The minimum absolute atomic E-state index is 0.323. The second-order valence-electron chi connectivity index (χ2n) is 3.54. The molecule has 2 atom stereocenters. The lowest BCUT2D eigenvalue weighted by Crippen LogP contribution is -2.54. The van der Waals surface area contributed by atoms with Crippen molar-refractivity contribution < 1.29 is 9.59 Å². The van der Waals surface area contributed by atoms with Gasteiger partial charge in [0.1, 0.15) is 6.10 Å². The van der Waals surface area contributed by atoms with Crippen LogP contribution in [-0.4, -0.2) is 41.3 Å². The van der Waals surface area contributed by atoms with Crippen molar-refractivity contribution in [3.05, 3.63) is 25.3 Å². The van der Waals surface area contributed by atoms with Gasteiger partial charge >= 0.3 is 0 Å². The molecule has 13 heavy (non-hydrogen) atoms. The molecule has 0 aromatic carbocycles. The third kappa shape index (κ3) is 3.51. The number of rotatable bonds is 6. The monoisotopic (exact) mass is 204 g/mol. The van der Waals surface area contributed by atoms with Gasteiger partial charge in [-0.15, -0.1) is 0 Å². The minimum Gasteiger partial charge on any atom is -0.386 e. The highest BCUT2D eigenvalue weighted by Crippen LogP contribution is 2.18. The van der Waals surface area contributed by atoms with Gasteiger partial charge in [0.05, 0.1) is 20.1 Å². The summed E-state index contributed by atoms with van der Waals surface area (Å²) in [6, 6.07) is 0. The molecule has 0 spiro atoms. The lowest BCUT2D eigenvalue weighted by Gasteiger charge is -2.38. The number of aliphatic hydroxyl groups is 1. The Morgan fingerprint density at radius 2 is 1.77 bits per heavy atom. The molecule has 0 aromatic rings. The van der Waals surface area contributed by atoms with Gasteiger partial charge in [0.2, 0.25) is 0 Å². The van der Waals surface area contributed by atoms with Crippen molar-refractivity contribution in [3.63, 3.8) is 0 Å². The highest BCUT2D eigenvalue weighted by Gasteiger charge is 2.32. The Morgan fingerprint density at radius 3 is 2.00 bits per heavy atom. The molecule has 76 valence electrons. The van der Waals surface area contributed by atoms with Crippen LogP contribution in [0.5, 0.6) is 0 Å². The van der Waals surface area contributed by atoms with E-state index in [4.69, 9.17) is 11.6 Å². The molecule has 0 bridgehead atoms. The van der Waals surface area contributed by atoms with Crippen molar-refractivity contribution in [2.45, 2.75) is 18.5 Å². The Bertz CT molecular complexity index is 170. The number of likely N-dealkylation sites (N-methyl/N-ethyl adjacent to an activating group) is 1. The van der Waals surface area contributed by atoms with Gasteiger partial charge in [-0.2, -0.15) is 0 Å². The Hall–Kier alpha value is -0.310. The third-order valence-electron chi connectivity index (χ3n) is 2.09. The van der Waals surface area contributed by atoms with Crippen LogP contribution in [0.1, 0.15) is 6.92 Å². The number of hydrogen-bond donors (Lipinski definition) is 1. The van der Waals surface area contributed by atoms with E-state index in [0.29, 0.717) is 4.48 Å². The summed E-state index contributed by atoms with van der Waals surface area (Å²) in [4.78, 5) is 0. The Kier molecular flexibility index (Phi) is 5.30. The summed E-state index contributed by atoms with van der Waals surface area (Å²) in [6.07, 6.45) is 3.08. The first-order valence-electron chi connectivity index (χ1n) is 4.36. The van der Waals surface area contributed by atoms with Crippen LogP contribution in [0.2, 0.25) is 0 Å². The maximum absolute atomic E-state index is 9.39. The van der Waals surface area contributed by atoms with E-state index in [0.717, 1.165) is 13.1 Å². The normalized spacial score (nSPS) is 16.3. The Labute approximate surface area is 85.7 Å². The number of nitrogens with zero attached hydrogens (tertiary/aromatic N) is 1. The van der Waals surface area contributed by atoms with Gasteiger partial charge in [-0.3, -0.25) is 0 Å². The molecule has 2 unspecified atom stereocenters. The van der Waals surface area contributed by atoms with E-state index in [-0.39, 0.29) is 5.50 Å². The van der Waals surface area contributed by atoms with E-state index in [9.17, 15) is 5.11 Å². The van der Waals surface area contributed by atoms with E-state index < -0.39 is 6.10 Å². The number of alkyl halides is 1. The van der Waals surface area contributed by atoms with Crippen molar-refractivity contribution in [2.24, 2.45) is 0 Å². The predicted octanol–water partition coefficient (Wildman–Crippen LogP) is 1.75. The van der Waals surface area contributed by atoms with E-state index in [1.807, 2.05) is 7.05 Å². The summed E-state index contributed by atoms with van der Waals surface area (Å²) in [5.74, 6) is 0. The van der Waals surface area contributed by atoms with Crippen molar-refractivity contribution in [1.29, 1.82) is 0 Å². The van der Waals surface area contributed by atoms with Crippen LogP contribution in [0.3, 0.4) is 0 Å². The zero-order chi connectivity index (χ0) is 10.5. The quantitative estimate of drug-likeness (QED) is 0.303. The van der Waals surface area contributed by atoms with Gasteiger partial charge in [-0.25, -0.2) is 0 Å². The number of aliphatic hydroxyl groups excluding tert-OH is 1. The molecule has 0 aliphatic heterocycles. The molecule has 0 heterocycles. The average Bonchev–Trinajstić information content (AvgIpc) is 2.03. The van der Waals surface area contributed by atoms with Crippen molar-refractivity contribution in [2.75, 3.05) is 20.1 Å². The summed E-state index contributed by atoms with van der Waals surface area (Å²) in [6.45, 7) is 10.5. The summed E-state index contributed by atoms with van der Waals surface area (Å²) < 4.78 is 0.534. The van der Waals surface area contributed by atoms with Gasteiger partial charge in [0.25, 0.3) is 0 Å². The lowest BCUT2D eigenvalue weighted by atomic mass is 10.3. The van der Waals surface area contributed by atoms with Crippen LogP contribution >= 0.6 is 11.6 Å². The van der Waals surface area contributed by atoms with Crippen LogP contribution in [0.25, 0.3) is 0 Å². The molecule has 0 radical (unpaired) electrons. The van der Waals surface area contributed by atoms with E-state index >= 15 is 0 Å². The maximum atomic E-state index is 9.39. The minimum atomic E-state index is -0.536. The summed E-state index contributed by atoms with van der Waals surface area (Å²) in [5, 5.41) is 9.39. The third-order valence-corrected chi connectivity index (χ3v) is 2.92. The molecular weight excluding hydrogens is 186 g/mol. The van der Waals surface area contributed by atoms with Crippen LogP contribution in [0.15, 0.2) is 25.3 Å². The fourth-order valence-electron chi connectivity index (χ4n) is 1.39. The average molecular weight is 205 g/mol. The highest BCUT2D eigenvalue weighted by atomic mass is 35.5. The number of quaternary nitrogens is 1. The molecule has 2 nitrogen and oxygen atoms in total. The molecular formula is C10H19ClNO+. The van der Waals surface area contributed by atoms with Gasteiger partial charge in [0.15, 0.2) is 5.50 Å². The van der Waals surface area contributed by atoms with E-state index in [1.165, 1.54) is 0 Å². The first-order valence-corrected chi connectivity index (χ1v) is 4.79. The summed E-state index contributed by atoms with van der Waals surface area (Å²) in [5.41, 5.74) is -0.323. The van der Waals surface area contributed by atoms with Crippen LogP contribution in [0, 0.1) is 0 Å².